The molecule has 0 radical (unpaired) electrons. The van der Waals surface area contributed by atoms with Gasteiger partial charge in [-0.1, -0.05) is 38.5 Å². The number of nitriles is 1. The third-order valence-corrected chi connectivity index (χ3v) is 3.80. The summed E-state index contributed by atoms with van der Waals surface area (Å²) in [6.45, 7) is 4.29. The number of hydrogen-bond acceptors (Lipinski definition) is 2. The number of rotatable bonds is 5. The molecule has 0 heterocycles. The lowest BCUT2D eigenvalue weighted by Gasteiger charge is -2.14. The first-order chi connectivity index (χ1) is 7.27. The van der Waals surface area contributed by atoms with Crippen molar-refractivity contribution in [2.45, 2.75) is 25.2 Å². The molecule has 0 aliphatic carbocycles. The summed E-state index contributed by atoms with van der Waals surface area (Å²) in [4.78, 5) is 1.25. The molecule has 1 aromatic rings. The van der Waals surface area contributed by atoms with E-state index in [0.717, 1.165) is 12.2 Å². The van der Waals surface area contributed by atoms with Crippen molar-refractivity contribution in [1.29, 1.82) is 5.26 Å². The molecule has 1 aromatic carbocycles. The molecule has 0 aliphatic heterocycles. The van der Waals surface area contributed by atoms with Crippen LogP contribution >= 0.6 is 11.8 Å². The summed E-state index contributed by atoms with van der Waals surface area (Å²) in [5, 5.41) is 9.04. The van der Waals surface area contributed by atoms with Gasteiger partial charge in [0.05, 0.1) is 12.0 Å². The van der Waals surface area contributed by atoms with E-state index in [9.17, 15) is 0 Å². The highest BCUT2D eigenvalue weighted by molar-refractivity contribution is 7.99. The van der Waals surface area contributed by atoms with E-state index < -0.39 is 0 Å². The zero-order valence-electron chi connectivity index (χ0n) is 9.31. The molecule has 0 spiro atoms. The molecular weight excluding hydrogens is 202 g/mol. The minimum atomic E-state index is 0.167. The van der Waals surface area contributed by atoms with E-state index in [2.05, 4.69) is 32.0 Å². The maximum Gasteiger partial charge on any atom is 0.0667 e. The summed E-state index contributed by atoms with van der Waals surface area (Å²) < 4.78 is 0. The van der Waals surface area contributed by atoms with E-state index in [1.165, 1.54) is 4.90 Å². The molecule has 80 valence electrons. The van der Waals surface area contributed by atoms with E-state index >= 15 is 0 Å². The van der Waals surface area contributed by atoms with Gasteiger partial charge in [0.2, 0.25) is 0 Å². The Bertz CT molecular complexity index is 315. The van der Waals surface area contributed by atoms with Crippen LogP contribution in [-0.2, 0) is 0 Å². The lowest BCUT2D eigenvalue weighted by Crippen LogP contribution is -2.11. The molecule has 0 aromatic heterocycles. The normalized spacial score (nSPS) is 14.2. The topological polar surface area (TPSA) is 23.8 Å². The van der Waals surface area contributed by atoms with Crippen LogP contribution < -0.4 is 0 Å². The number of hydrogen-bond donors (Lipinski definition) is 0. The van der Waals surface area contributed by atoms with Gasteiger partial charge in [-0.05, 0) is 18.1 Å². The van der Waals surface area contributed by atoms with E-state index in [1.54, 1.807) is 11.8 Å². The number of benzene rings is 1. The molecular formula is C13H17NS. The second kappa shape index (κ2) is 6.53. The highest BCUT2D eigenvalue weighted by Gasteiger charge is 2.14. The summed E-state index contributed by atoms with van der Waals surface area (Å²) in [5.74, 6) is 1.56. The fraction of sp³-hybridized carbons (Fsp3) is 0.462. The van der Waals surface area contributed by atoms with Gasteiger partial charge in [0, 0.05) is 10.6 Å². The average Bonchev–Trinajstić information content (AvgIpc) is 2.31. The van der Waals surface area contributed by atoms with E-state index in [-0.39, 0.29) is 5.92 Å². The van der Waals surface area contributed by atoms with Gasteiger partial charge in [0.1, 0.15) is 0 Å². The third-order valence-electron chi connectivity index (χ3n) is 2.67. The van der Waals surface area contributed by atoms with Crippen molar-refractivity contribution in [3.63, 3.8) is 0 Å². The van der Waals surface area contributed by atoms with Crippen LogP contribution in [0.3, 0.4) is 0 Å². The van der Waals surface area contributed by atoms with Crippen molar-refractivity contribution in [1.82, 2.24) is 0 Å². The Morgan fingerprint density at radius 2 is 2.00 bits per heavy atom. The van der Waals surface area contributed by atoms with Crippen LogP contribution in [0, 0.1) is 23.2 Å². The molecule has 2 heteroatoms. The van der Waals surface area contributed by atoms with Crippen LogP contribution in [0.15, 0.2) is 35.2 Å². The molecule has 0 N–H and O–H groups in total. The van der Waals surface area contributed by atoms with Gasteiger partial charge >= 0.3 is 0 Å². The number of thioether (sulfide) groups is 1. The van der Waals surface area contributed by atoms with Crippen LogP contribution in [0.2, 0.25) is 0 Å². The first-order valence-corrected chi connectivity index (χ1v) is 6.34. The Balaban J connectivity index is 2.46. The van der Waals surface area contributed by atoms with Crippen molar-refractivity contribution in [2.75, 3.05) is 5.75 Å². The van der Waals surface area contributed by atoms with E-state index in [0.29, 0.717) is 5.92 Å². The molecule has 15 heavy (non-hydrogen) atoms. The molecule has 1 rings (SSSR count). The minimum absolute atomic E-state index is 0.167. The Hall–Kier alpha value is -0.940. The van der Waals surface area contributed by atoms with Gasteiger partial charge in [0.15, 0.2) is 0 Å². The lowest BCUT2D eigenvalue weighted by atomic mass is 9.95. The maximum absolute atomic E-state index is 9.04. The Morgan fingerprint density at radius 1 is 1.33 bits per heavy atom. The first kappa shape index (κ1) is 12.1. The van der Waals surface area contributed by atoms with E-state index in [4.69, 9.17) is 5.26 Å². The van der Waals surface area contributed by atoms with Crippen LogP contribution in [0.25, 0.3) is 0 Å². The van der Waals surface area contributed by atoms with Gasteiger partial charge < -0.3 is 0 Å². The Labute approximate surface area is 96.5 Å². The summed E-state index contributed by atoms with van der Waals surface area (Å²) in [5.41, 5.74) is 0. The lowest BCUT2D eigenvalue weighted by molar-refractivity contribution is 0.461. The molecule has 1 nitrogen and oxygen atoms in total. The fourth-order valence-electron chi connectivity index (χ4n) is 1.32. The zero-order chi connectivity index (χ0) is 11.1. The quantitative estimate of drug-likeness (QED) is 0.700. The highest BCUT2D eigenvalue weighted by Crippen LogP contribution is 2.24. The maximum atomic E-state index is 9.04. The largest absolute Gasteiger partial charge is 0.198 e. The third kappa shape index (κ3) is 3.97. The monoisotopic (exact) mass is 219 g/mol. The summed E-state index contributed by atoms with van der Waals surface area (Å²) in [6, 6.07) is 12.7. The predicted molar refractivity (Wildman–Crippen MR) is 65.7 cm³/mol. The Kier molecular flexibility index (Phi) is 5.28. The summed E-state index contributed by atoms with van der Waals surface area (Å²) in [6.07, 6.45) is 1.08. The smallest absolute Gasteiger partial charge is 0.0667 e. The second-order valence-corrected chi connectivity index (χ2v) is 4.84. The van der Waals surface area contributed by atoms with Crippen LogP contribution in [0.5, 0.6) is 0 Å². The first-order valence-electron chi connectivity index (χ1n) is 5.35. The van der Waals surface area contributed by atoms with Crippen LogP contribution in [-0.4, -0.2) is 5.75 Å². The summed E-state index contributed by atoms with van der Waals surface area (Å²) in [7, 11) is 0. The zero-order valence-corrected chi connectivity index (χ0v) is 10.1. The standard InChI is InChI=1S/C13H17NS/c1-3-11(2)12(9-14)10-15-13-7-5-4-6-8-13/h4-8,11-12H,3,10H2,1-2H3. The minimum Gasteiger partial charge on any atom is -0.198 e. The number of nitrogens with zero attached hydrogens (tertiary/aromatic N) is 1. The van der Waals surface area contributed by atoms with Gasteiger partial charge in [-0.3, -0.25) is 0 Å². The van der Waals surface area contributed by atoms with Crippen molar-refractivity contribution in [3.05, 3.63) is 30.3 Å². The molecule has 2 atom stereocenters. The second-order valence-electron chi connectivity index (χ2n) is 3.75. The van der Waals surface area contributed by atoms with Gasteiger partial charge in [0.25, 0.3) is 0 Å². The molecule has 2 unspecified atom stereocenters. The van der Waals surface area contributed by atoms with Crippen LogP contribution in [0.4, 0.5) is 0 Å². The Morgan fingerprint density at radius 3 is 2.53 bits per heavy atom. The molecule has 0 amide bonds. The van der Waals surface area contributed by atoms with Crippen molar-refractivity contribution < 1.29 is 0 Å². The average molecular weight is 219 g/mol. The van der Waals surface area contributed by atoms with Crippen molar-refractivity contribution in [3.8, 4) is 6.07 Å². The molecule has 0 saturated carbocycles. The van der Waals surface area contributed by atoms with Gasteiger partial charge in [-0.25, -0.2) is 0 Å². The molecule has 0 saturated heterocycles. The van der Waals surface area contributed by atoms with Crippen molar-refractivity contribution >= 4 is 11.8 Å². The predicted octanol–water partition coefficient (Wildman–Crippen LogP) is 3.96. The molecule has 0 bridgehead atoms. The molecule has 0 aliphatic rings. The van der Waals surface area contributed by atoms with Crippen molar-refractivity contribution in [2.24, 2.45) is 11.8 Å². The molecule has 0 fully saturated rings. The van der Waals surface area contributed by atoms with Gasteiger partial charge in [-0.2, -0.15) is 5.26 Å². The van der Waals surface area contributed by atoms with Crippen LogP contribution in [0.1, 0.15) is 20.3 Å². The van der Waals surface area contributed by atoms with Gasteiger partial charge in [-0.15, -0.1) is 11.8 Å². The summed E-state index contributed by atoms with van der Waals surface area (Å²) >= 11 is 1.77. The highest BCUT2D eigenvalue weighted by atomic mass is 32.2. The fourth-order valence-corrected chi connectivity index (χ4v) is 2.44. The van der Waals surface area contributed by atoms with E-state index in [1.807, 2.05) is 18.2 Å². The SMILES string of the molecule is CCC(C)C(C#N)CSc1ccccc1.